The van der Waals surface area contributed by atoms with Gasteiger partial charge in [0, 0.05) is 19.3 Å². The Balaban J connectivity index is 2.78. The summed E-state index contributed by atoms with van der Waals surface area (Å²) in [6.07, 6.45) is -0.369. The van der Waals surface area contributed by atoms with E-state index in [0.29, 0.717) is 0 Å². The first-order valence-electron chi connectivity index (χ1n) is 5.63. The summed E-state index contributed by atoms with van der Waals surface area (Å²) in [6.45, 7) is 2.10. The van der Waals surface area contributed by atoms with Crippen LogP contribution < -0.4 is 4.90 Å². The number of aliphatic carboxylic acids is 2. The van der Waals surface area contributed by atoms with Gasteiger partial charge < -0.3 is 15.1 Å². The molecule has 1 unspecified atom stereocenters. The van der Waals surface area contributed by atoms with Crippen molar-refractivity contribution in [1.82, 2.24) is 0 Å². The van der Waals surface area contributed by atoms with Crippen LogP contribution in [0.4, 0.5) is 5.69 Å². The second-order valence-electron chi connectivity index (χ2n) is 4.30. The third-order valence-corrected chi connectivity index (χ3v) is 2.79. The maximum atomic E-state index is 11.0. The van der Waals surface area contributed by atoms with Crippen LogP contribution in [0.25, 0.3) is 0 Å². The SMILES string of the molecule is Cc1ccccc1N(C)CC(CC(=O)O)C(=O)O. The van der Waals surface area contributed by atoms with Gasteiger partial charge in [0.1, 0.15) is 0 Å². The van der Waals surface area contributed by atoms with Crippen LogP contribution in [-0.2, 0) is 9.59 Å². The minimum absolute atomic E-state index is 0.173. The Bertz CT molecular complexity index is 444. The molecule has 18 heavy (non-hydrogen) atoms. The number of carboxylic acid groups (broad SMARTS) is 2. The van der Waals surface area contributed by atoms with Crippen molar-refractivity contribution in [3.05, 3.63) is 29.8 Å². The molecule has 2 N–H and O–H groups in total. The molecule has 0 spiro atoms. The monoisotopic (exact) mass is 251 g/mol. The van der Waals surface area contributed by atoms with Gasteiger partial charge in [0.2, 0.25) is 0 Å². The first-order chi connectivity index (χ1) is 8.41. The van der Waals surface area contributed by atoms with E-state index in [1.165, 1.54) is 0 Å². The summed E-state index contributed by atoms with van der Waals surface area (Å²) >= 11 is 0. The number of para-hydroxylation sites is 1. The van der Waals surface area contributed by atoms with E-state index in [-0.39, 0.29) is 13.0 Å². The van der Waals surface area contributed by atoms with E-state index >= 15 is 0 Å². The molecule has 1 aromatic rings. The molecule has 0 aliphatic heterocycles. The third-order valence-electron chi connectivity index (χ3n) is 2.79. The van der Waals surface area contributed by atoms with E-state index in [9.17, 15) is 9.59 Å². The summed E-state index contributed by atoms with van der Waals surface area (Å²) in [7, 11) is 1.76. The average molecular weight is 251 g/mol. The van der Waals surface area contributed by atoms with Crippen molar-refractivity contribution in [1.29, 1.82) is 0 Å². The number of benzene rings is 1. The van der Waals surface area contributed by atoms with Gasteiger partial charge >= 0.3 is 11.9 Å². The van der Waals surface area contributed by atoms with E-state index < -0.39 is 17.9 Å². The van der Waals surface area contributed by atoms with Crippen molar-refractivity contribution in [3.63, 3.8) is 0 Å². The molecule has 0 aliphatic rings. The molecule has 0 saturated heterocycles. The Morgan fingerprint density at radius 2 is 1.89 bits per heavy atom. The lowest BCUT2D eigenvalue weighted by atomic mass is 10.0. The normalized spacial score (nSPS) is 11.9. The van der Waals surface area contributed by atoms with Gasteiger partial charge in [-0.05, 0) is 18.6 Å². The third kappa shape index (κ3) is 3.76. The molecule has 1 rings (SSSR count). The number of carboxylic acids is 2. The van der Waals surface area contributed by atoms with Crippen LogP contribution >= 0.6 is 0 Å². The second-order valence-corrected chi connectivity index (χ2v) is 4.30. The standard InChI is InChI=1S/C13H17NO4/c1-9-5-3-4-6-11(9)14(2)8-10(13(17)18)7-12(15)16/h3-6,10H,7-8H2,1-2H3,(H,15,16)(H,17,18). The molecular formula is C13H17NO4. The van der Waals surface area contributed by atoms with Crippen LogP contribution in [0.15, 0.2) is 24.3 Å². The number of hydrogen-bond acceptors (Lipinski definition) is 3. The largest absolute Gasteiger partial charge is 0.481 e. The van der Waals surface area contributed by atoms with Gasteiger partial charge in [-0.25, -0.2) is 0 Å². The zero-order valence-corrected chi connectivity index (χ0v) is 10.5. The lowest BCUT2D eigenvalue weighted by molar-refractivity contribution is -0.147. The summed E-state index contributed by atoms with van der Waals surface area (Å²) in [6, 6.07) is 7.58. The predicted molar refractivity (Wildman–Crippen MR) is 67.8 cm³/mol. The van der Waals surface area contributed by atoms with Crippen molar-refractivity contribution in [2.45, 2.75) is 13.3 Å². The molecule has 0 aliphatic carbocycles. The van der Waals surface area contributed by atoms with Crippen LogP contribution in [0.2, 0.25) is 0 Å². The summed E-state index contributed by atoms with van der Waals surface area (Å²) < 4.78 is 0. The minimum Gasteiger partial charge on any atom is -0.481 e. The highest BCUT2D eigenvalue weighted by molar-refractivity contribution is 5.78. The Kier molecular flexibility index (Phi) is 4.71. The van der Waals surface area contributed by atoms with Crippen LogP contribution in [0.3, 0.4) is 0 Å². The van der Waals surface area contributed by atoms with Gasteiger partial charge in [-0.1, -0.05) is 18.2 Å². The molecule has 0 saturated carbocycles. The lowest BCUT2D eigenvalue weighted by Crippen LogP contribution is -2.32. The molecule has 5 nitrogen and oxygen atoms in total. The van der Waals surface area contributed by atoms with Crippen molar-refractivity contribution in [2.75, 3.05) is 18.5 Å². The summed E-state index contributed by atoms with van der Waals surface area (Å²) in [5, 5.41) is 17.7. The maximum Gasteiger partial charge on any atom is 0.308 e. The molecular weight excluding hydrogens is 234 g/mol. The fraction of sp³-hybridized carbons (Fsp3) is 0.385. The first kappa shape index (κ1) is 14.0. The van der Waals surface area contributed by atoms with Gasteiger partial charge in [-0.2, -0.15) is 0 Å². The Labute approximate surface area is 106 Å². The quantitative estimate of drug-likeness (QED) is 0.803. The molecule has 0 amide bonds. The minimum atomic E-state index is -1.10. The van der Waals surface area contributed by atoms with Gasteiger partial charge in [0.15, 0.2) is 0 Å². The predicted octanol–water partition coefficient (Wildman–Crippen LogP) is 1.61. The number of aryl methyl sites for hydroxylation is 1. The highest BCUT2D eigenvalue weighted by Gasteiger charge is 2.23. The molecule has 5 heteroatoms. The first-order valence-corrected chi connectivity index (χ1v) is 5.63. The van der Waals surface area contributed by atoms with Crippen molar-refractivity contribution in [3.8, 4) is 0 Å². The number of nitrogens with zero attached hydrogens (tertiary/aromatic N) is 1. The van der Waals surface area contributed by atoms with E-state index in [2.05, 4.69) is 0 Å². The smallest absolute Gasteiger partial charge is 0.308 e. The Morgan fingerprint density at radius 1 is 1.28 bits per heavy atom. The summed E-state index contributed by atoms with van der Waals surface area (Å²) in [5.41, 5.74) is 1.94. The van der Waals surface area contributed by atoms with E-state index in [1.54, 1.807) is 11.9 Å². The van der Waals surface area contributed by atoms with Gasteiger partial charge in [0.05, 0.1) is 12.3 Å². The van der Waals surface area contributed by atoms with Gasteiger partial charge in [-0.15, -0.1) is 0 Å². The van der Waals surface area contributed by atoms with Crippen molar-refractivity contribution in [2.24, 2.45) is 5.92 Å². The highest BCUT2D eigenvalue weighted by atomic mass is 16.4. The van der Waals surface area contributed by atoms with Crippen molar-refractivity contribution < 1.29 is 19.8 Å². The average Bonchev–Trinajstić information content (AvgIpc) is 2.27. The van der Waals surface area contributed by atoms with E-state index in [0.717, 1.165) is 11.3 Å². The molecule has 0 heterocycles. The second kappa shape index (κ2) is 6.05. The molecule has 0 aromatic heterocycles. The van der Waals surface area contributed by atoms with E-state index in [4.69, 9.17) is 10.2 Å². The topological polar surface area (TPSA) is 77.8 Å². The number of anilines is 1. The molecule has 0 bridgehead atoms. The number of rotatable bonds is 6. The van der Waals surface area contributed by atoms with Crippen molar-refractivity contribution >= 4 is 17.6 Å². The molecule has 98 valence electrons. The summed E-state index contributed by atoms with van der Waals surface area (Å²) in [5.74, 6) is -3.09. The number of hydrogen-bond donors (Lipinski definition) is 2. The van der Waals surface area contributed by atoms with Crippen LogP contribution in [-0.4, -0.2) is 35.7 Å². The Morgan fingerprint density at radius 3 is 2.39 bits per heavy atom. The van der Waals surface area contributed by atoms with Crippen LogP contribution in [0.1, 0.15) is 12.0 Å². The zero-order chi connectivity index (χ0) is 13.7. The summed E-state index contributed by atoms with van der Waals surface area (Å²) in [4.78, 5) is 23.4. The molecule has 0 fully saturated rings. The van der Waals surface area contributed by atoms with Gasteiger partial charge in [-0.3, -0.25) is 9.59 Å². The molecule has 0 radical (unpaired) electrons. The highest BCUT2D eigenvalue weighted by Crippen LogP contribution is 2.19. The maximum absolute atomic E-state index is 11.0. The fourth-order valence-corrected chi connectivity index (χ4v) is 1.86. The van der Waals surface area contributed by atoms with Crippen LogP contribution in [0.5, 0.6) is 0 Å². The lowest BCUT2D eigenvalue weighted by Gasteiger charge is -2.24. The Hall–Kier alpha value is -2.04. The van der Waals surface area contributed by atoms with Gasteiger partial charge in [0.25, 0.3) is 0 Å². The van der Waals surface area contributed by atoms with Crippen LogP contribution in [0, 0.1) is 12.8 Å². The number of carbonyl (C=O) groups is 2. The van der Waals surface area contributed by atoms with E-state index in [1.807, 2.05) is 31.2 Å². The molecule has 1 aromatic carbocycles. The fourth-order valence-electron chi connectivity index (χ4n) is 1.86. The molecule has 1 atom stereocenters. The zero-order valence-electron chi connectivity index (χ0n) is 10.5.